The Morgan fingerprint density at radius 2 is 1.82 bits per heavy atom. The van der Waals surface area contributed by atoms with Gasteiger partial charge in [0, 0.05) is 12.6 Å². The Labute approximate surface area is 106 Å². The van der Waals surface area contributed by atoms with E-state index in [0.29, 0.717) is 24.4 Å². The lowest BCUT2D eigenvalue weighted by atomic mass is 10.0. The quantitative estimate of drug-likeness (QED) is 0.778. The maximum atomic E-state index is 6.08. The van der Waals surface area contributed by atoms with Gasteiger partial charge in [-0.2, -0.15) is 0 Å². The maximum Gasteiger partial charge on any atom is 0.0675 e. The lowest BCUT2D eigenvalue weighted by Gasteiger charge is -2.33. The van der Waals surface area contributed by atoms with Crippen molar-refractivity contribution < 1.29 is 9.47 Å². The van der Waals surface area contributed by atoms with Gasteiger partial charge in [-0.25, -0.2) is 0 Å². The van der Waals surface area contributed by atoms with Crippen molar-refractivity contribution in [2.45, 2.75) is 84.3 Å². The Hall–Kier alpha value is -0.120. The van der Waals surface area contributed by atoms with E-state index in [-0.39, 0.29) is 6.10 Å². The van der Waals surface area contributed by atoms with Crippen LogP contribution < -0.4 is 5.32 Å². The minimum absolute atomic E-state index is 0.284. The molecule has 17 heavy (non-hydrogen) atoms. The van der Waals surface area contributed by atoms with Crippen LogP contribution in [0.3, 0.4) is 0 Å². The van der Waals surface area contributed by atoms with Gasteiger partial charge in [0.2, 0.25) is 0 Å². The van der Waals surface area contributed by atoms with E-state index in [0.717, 1.165) is 25.8 Å². The van der Waals surface area contributed by atoms with E-state index >= 15 is 0 Å². The van der Waals surface area contributed by atoms with E-state index in [1.165, 1.54) is 0 Å². The molecule has 4 atom stereocenters. The average Bonchev–Trinajstić information content (AvgIpc) is 2.24. The van der Waals surface area contributed by atoms with Crippen LogP contribution in [-0.2, 0) is 9.47 Å². The second kappa shape index (κ2) is 7.34. The van der Waals surface area contributed by atoms with E-state index in [1.54, 1.807) is 0 Å². The summed E-state index contributed by atoms with van der Waals surface area (Å²) in [6.45, 7) is 11.8. The zero-order valence-corrected chi connectivity index (χ0v) is 12.0. The highest BCUT2D eigenvalue weighted by molar-refractivity contribution is 4.75. The van der Waals surface area contributed by atoms with E-state index in [4.69, 9.17) is 9.47 Å². The molecule has 1 rings (SSSR count). The lowest BCUT2D eigenvalue weighted by Crippen LogP contribution is -2.39. The second-order valence-electron chi connectivity index (χ2n) is 5.51. The van der Waals surface area contributed by atoms with Crippen molar-refractivity contribution in [2.75, 3.05) is 6.54 Å². The van der Waals surface area contributed by atoms with Crippen molar-refractivity contribution in [3.05, 3.63) is 0 Å². The van der Waals surface area contributed by atoms with Crippen molar-refractivity contribution in [1.29, 1.82) is 0 Å². The molecule has 1 aliphatic heterocycles. The first-order valence-corrected chi connectivity index (χ1v) is 7.05. The molecule has 0 bridgehead atoms. The molecule has 1 aliphatic rings. The highest BCUT2D eigenvalue weighted by atomic mass is 16.5. The molecule has 0 aromatic heterocycles. The molecular formula is C14H29NO2. The molecule has 0 aromatic carbocycles. The van der Waals surface area contributed by atoms with Gasteiger partial charge in [-0.15, -0.1) is 0 Å². The zero-order valence-electron chi connectivity index (χ0n) is 12.0. The van der Waals surface area contributed by atoms with E-state index in [1.807, 2.05) is 0 Å². The Morgan fingerprint density at radius 1 is 1.24 bits per heavy atom. The fraction of sp³-hybridized carbons (Fsp3) is 1.00. The first-order valence-electron chi connectivity index (χ1n) is 7.05. The molecule has 0 amide bonds. The molecule has 4 unspecified atom stereocenters. The molecule has 0 spiro atoms. The summed E-state index contributed by atoms with van der Waals surface area (Å²) in [5, 5.41) is 3.49. The predicted molar refractivity (Wildman–Crippen MR) is 71.3 cm³/mol. The van der Waals surface area contributed by atoms with Gasteiger partial charge in [0.05, 0.1) is 24.4 Å². The first-order chi connectivity index (χ1) is 8.01. The van der Waals surface area contributed by atoms with Crippen LogP contribution in [-0.4, -0.2) is 37.0 Å². The number of nitrogens with one attached hydrogen (secondary N) is 1. The van der Waals surface area contributed by atoms with Crippen LogP contribution in [0.15, 0.2) is 0 Å². The molecule has 0 aromatic rings. The Kier molecular flexibility index (Phi) is 6.45. The van der Waals surface area contributed by atoms with E-state index in [2.05, 4.69) is 39.9 Å². The molecule has 3 nitrogen and oxygen atoms in total. The average molecular weight is 243 g/mol. The van der Waals surface area contributed by atoms with Gasteiger partial charge in [-0.05, 0) is 47.0 Å². The monoisotopic (exact) mass is 243 g/mol. The summed E-state index contributed by atoms with van der Waals surface area (Å²) in [4.78, 5) is 0. The normalized spacial score (nSPS) is 33.4. The van der Waals surface area contributed by atoms with Crippen molar-refractivity contribution in [3.63, 3.8) is 0 Å². The fourth-order valence-electron chi connectivity index (χ4n) is 2.34. The largest absolute Gasteiger partial charge is 0.375 e. The summed E-state index contributed by atoms with van der Waals surface area (Å²) in [6.07, 6.45) is 4.53. The molecule has 0 radical (unpaired) electrons. The summed E-state index contributed by atoms with van der Waals surface area (Å²) in [6, 6.07) is 0.577. The van der Waals surface area contributed by atoms with Crippen LogP contribution >= 0.6 is 0 Å². The smallest absolute Gasteiger partial charge is 0.0675 e. The summed E-state index contributed by atoms with van der Waals surface area (Å²) < 4.78 is 11.8. The third kappa shape index (κ3) is 5.84. The van der Waals surface area contributed by atoms with Gasteiger partial charge in [0.15, 0.2) is 0 Å². The summed E-state index contributed by atoms with van der Waals surface area (Å²) in [5.74, 6) is 0. The van der Waals surface area contributed by atoms with Crippen LogP contribution in [0.1, 0.15) is 53.9 Å². The van der Waals surface area contributed by atoms with Gasteiger partial charge in [-0.3, -0.25) is 0 Å². The molecule has 1 heterocycles. The zero-order chi connectivity index (χ0) is 12.8. The molecule has 1 N–H and O–H groups in total. The van der Waals surface area contributed by atoms with E-state index < -0.39 is 0 Å². The van der Waals surface area contributed by atoms with Crippen molar-refractivity contribution >= 4 is 0 Å². The number of ether oxygens (including phenoxy) is 2. The third-order valence-corrected chi connectivity index (χ3v) is 3.45. The topological polar surface area (TPSA) is 30.5 Å². The first kappa shape index (κ1) is 14.9. The van der Waals surface area contributed by atoms with Crippen LogP contribution in [0, 0.1) is 0 Å². The van der Waals surface area contributed by atoms with Crippen molar-refractivity contribution in [2.24, 2.45) is 0 Å². The maximum absolute atomic E-state index is 6.08. The third-order valence-electron chi connectivity index (χ3n) is 3.45. The second-order valence-corrected chi connectivity index (χ2v) is 5.51. The Balaban J connectivity index is 2.23. The summed E-state index contributed by atoms with van der Waals surface area (Å²) in [5.41, 5.74) is 0. The van der Waals surface area contributed by atoms with Gasteiger partial charge in [-0.1, -0.05) is 6.92 Å². The molecular weight excluding hydrogens is 214 g/mol. The molecule has 3 heteroatoms. The molecule has 1 fully saturated rings. The lowest BCUT2D eigenvalue weighted by molar-refractivity contribution is -0.117. The highest BCUT2D eigenvalue weighted by Crippen LogP contribution is 2.22. The van der Waals surface area contributed by atoms with Gasteiger partial charge >= 0.3 is 0 Å². The molecule has 0 aliphatic carbocycles. The number of rotatable bonds is 6. The van der Waals surface area contributed by atoms with Gasteiger partial charge in [0.1, 0.15) is 0 Å². The van der Waals surface area contributed by atoms with Crippen LogP contribution in [0.4, 0.5) is 0 Å². The Morgan fingerprint density at radius 3 is 2.35 bits per heavy atom. The highest BCUT2D eigenvalue weighted by Gasteiger charge is 2.26. The van der Waals surface area contributed by atoms with Crippen molar-refractivity contribution in [1.82, 2.24) is 5.32 Å². The summed E-state index contributed by atoms with van der Waals surface area (Å²) >= 11 is 0. The minimum atomic E-state index is 0.284. The SMILES string of the molecule is CCC(C)NCC(C)OC1CC(C)OC(C)C1. The Bertz CT molecular complexity index is 200. The predicted octanol–water partition coefficient (Wildman–Crippen LogP) is 2.74. The standard InChI is InChI=1S/C14H29NO2/c1-6-10(2)15-9-13(5)17-14-7-11(3)16-12(4)8-14/h10-15H,6-9H2,1-5H3. The van der Waals surface area contributed by atoms with Gasteiger partial charge in [0.25, 0.3) is 0 Å². The number of hydrogen-bond acceptors (Lipinski definition) is 3. The number of hydrogen-bond donors (Lipinski definition) is 1. The minimum Gasteiger partial charge on any atom is -0.375 e. The molecule has 102 valence electrons. The van der Waals surface area contributed by atoms with Crippen LogP contribution in [0.5, 0.6) is 0 Å². The van der Waals surface area contributed by atoms with Crippen molar-refractivity contribution in [3.8, 4) is 0 Å². The van der Waals surface area contributed by atoms with Crippen LogP contribution in [0.2, 0.25) is 0 Å². The molecule has 1 saturated heterocycles. The van der Waals surface area contributed by atoms with Gasteiger partial charge < -0.3 is 14.8 Å². The van der Waals surface area contributed by atoms with Crippen LogP contribution in [0.25, 0.3) is 0 Å². The molecule has 0 saturated carbocycles. The van der Waals surface area contributed by atoms with E-state index in [9.17, 15) is 0 Å². The summed E-state index contributed by atoms with van der Waals surface area (Å²) in [7, 11) is 0. The fourth-order valence-corrected chi connectivity index (χ4v) is 2.34.